The molecule has 0 radical (unpaired) electrons. The number of piperidine rings is 1. The van der Waals surface area contributed by atoms with Gasteiger partial charge in [0, 0.05) is 56.8 Å². The third kappa shape index (κ3) is 6.25. The number of carbonyl (C=O) groups is 2. The van der Waals surface area contributed by atoms with Crippen molar-refractivity contribution in [2.45, 2.75) is 31.6 Å². The van der Waals surface area contributed by atoms with Crippen LogP contribution in [0.4, 0.5) is 4.79 Å². The lowest BCUT2D eigenvalue weighted by Crippen LogP contribution is -2.41. The minimum absolute atomic E-state index is 0.0675. The lowest BCUT2D eigenvalue weighted by molar-refractivity contribution is -0.118. The highest BCUT2D eigenvalue weighted by Crippen LogP contribution is 2.44. The normalized spacial score (nSPS) is 16.9. The number of halogens is 1. The van der Waals surface area contributed by atoms with Crippen LogP contribution in [0.25, 0.3) is 11.1 Å². The van der Waals surface area contributed by atoms with E-state index in [1.54, 1.807) is 33.5 Å². The smallest absolute Gasteiger partial charge is 0.407 e. The molecule has 2 unspecified atom stereocenters. The number of methoxy groups -OCH3 is 2. The molecule has 2 atom stereocenters. The Balaban J connectivity index is 1.75. The Morgan fingerprint density at radius 1 is 1.07 bits per heavy atom. The number of nitrogens with zero attached hydrogens (tertiary/aromatic N) is 2. The maximum atomic E-state index is 12.4. The van der Waals surface area contributed by atoms with Gasteiger partial charge in [-0.2, -0.15) is 0 Å². The summed E-state index contributed by atoms with van der Waals surface area (Å²) in [5.41, 5.74) is 4.27. The summed E-state index contributed by atoms with van der Waals surface area (Å²) >= 11 is 6.93. The number of hydrogen-bond donors (Lipinski definition) is 2. The van der Waals surface area contributed by atoms with Crippen LogP contribution in [0.15, 0.2) is 53.5 Å². The first-order valence-electron chi connectivity index (χ1n) is 13.1. The van der Waals surface area contributed by atoms with Crippen molar-refractivity contribution < 1.29 is 24.2 Å². The van der Waals surface area contributed by atoms with Crippen molar-refractivity contribution in [1.29, 1.82) is 0 Å². The van der Waals surface area contributed by atoms with Gasteiger partial charge in [-0.15, -0.1) is 0 Å². The van der Waals surface area contributed by atoms with Gasteiger partial charge in [0.25, 0.3) is 5.56 Å². The Labute approximate surface area is 238 Å². The molecule has 0 aliphatic carbocycles. The van der Waals surface area contributed by atoms with Crippen molar-refractivity contribution in [1.82, 2.24) is 14.8 Å². The number of hydrogen-bond acceptors (Lipinski definition) is 5. The number of carboxylic acid groups (broad SMARTS) is 1. The fraction of sp³-hybridized carbons (Fsp3) is 0.367. The summed E-state index contributed by atoms with van der Waals surface area (Å²) < 4.78 is 12.6. The predicted octanol–water partition coefficient (Wildman–Crippen LogP) is 4.65. The quantitative estimate of drug-likeness (QED) is 0.410. The van der Waals surface area contributed by atoms with Crippen molar-refractivity contribution in [3.05, 3.63) is 80.7 Å². The van der Waals surface area contributed by atoms with Gasteiger partial charge in [0.2, 0.25) is 5.91 Å². The van der Waals surface area contributed by atoms with Gasteiger partial charge in [-0.1, -0.05) is 23.7 Å². The predicted molar refractivity (Wildman–Crippen MR) is 154 cm³/mol. The van der Waals surface area contributed by atoms with Crippen LogP contribution in [0.2, 0.25) is 5.02 Å². The number of ether oxygens (including phenoxy) is 2. The van der Waals surface area contributed by atoms with E-state index in [9.17, 15) is 19.5 Å². The molecule has 4 rings (SSSR count). The van der Waals surface area contributed by atoms with Gasteiger partial charge in [-0.3, -0.25) is 9.59 Å². The van der Waals surface area contributed by atoms with E-state index < -0.39 is 6.09 Å². The molecule has 1 aliphatic rings. The van der Waals surface area contributed by atoms with Crippen LogP contribution in [0.3, 0.4) is 0 Å². The molecule has 1 aromatic heterocycles. The summed E-state index contributed by atoms with van der Waals surface area (Å²) in [4.78, 5) is 37.1. The molecule has 0 spiro atoms. The first-order valence-corrected chi connectivity index (χ1v) is 13.4. The minimum Gasteiger partial charge on any atom is -0.493 e. The molecular weight excluding hydrogens is 534 g/mol. The lowest BCUT2D eigenvalue weighted by atomic mass is 9.76. The van der Waals surface area contributed by atoms with Gasteiger partial charge < -0.3 is 29.4 Å². The fourth-order valence-electron chi connectivity index (χ4n) is 5.40. The van der Waals surface area contributed by atoms with E-state index in [1.165, 1.54) is 16.4 Å². The summed E-state index contributed by atoms with van der Waals surface area (Å²) in [6.07, 6.45) is 1.90. The SMILES string of the molecule is COc1cc(CCNC(C)=O)c(-c2ccc(C3CN(C(=O)O)CCC3c3ccn(C)c(=O)c3)c(Cl)c2)cc1OC. The summed E-state index contributed by atoms with van der Waals surface area (Å²) in [5.74, 6) is 0.740. The summed E-state index contributed by atoms with van der Waals surface area (Å²) in [7, 11) is 4.85. The van der Waals surface area contributed by atoms with Crippen LogP contribution in [0, 0.1) is 0 Å². The lowest BCUT2D eigenvalue weighted by Gasteiger charge is -2.38. The number of aromatic nitrogens is 1. The second-order valence-electron chi connectivity index (χ2n) is 9.97. The maximum absolute atomic E-state index is 12.4. The zero-order valence-electron chi connectivity index (χ0n) is 23.1. The van der Waals surface area contributed by atoms with E-state index in [0.717, 1.165) is 27.8 Å². The Hall–Kier alpha value is -3.98. The molecule has 40 heavy (non-hydrogen) atoms. The zero-order valence-corrected chi connectivity index (χ0v) is 23.8. The van der Waals surface area contributed by atoms with Crippen LogP contribution in [0.1, 0.15) is 41.9 Å². The second-order valence-corrected chi connectivity index (χ2v) is 10.4. The first kappa shape index (κ1) is 29.0. The number of aryl methyl sites for hydroxylation is 1. The molecule has 212 valence electrons. The van der Waals surface area contributed by atoms with Crippen LogP contribution in [-0.4, -0.2) is 60.4 Å². The Morgan fingerprint density at radius 2 is 1.80 bits per heavy atom. The number of benzene rings is 2. The molecule has 2 aromatic carbocycles. The van der Waals surface area contributed by atoms with E-state index in [4.69, 9.17) is 21.1 Å². The van der Waals surface area contributed by atoms with Crippen molar-refractivity contribution >= 4 is 23.6 Å². The van der Waals surface area contributed by atoms with Gasteiger partial charge in [0.1, 0.15) is 0 Å². The zero-order chi connectivity index (χ0) is 29.0. The highest BCUT2D eigenvalue weighted by atomic mass is 35.5. The number of amides is 2. The molecule has 0 bridgehead atoms. The van der Waals surface area contributed by atoms with Crippen molar-refractivity contribution in [2.75, 3.05) is 33.9 Å². The van der Waals surface area contributed by atoms with Gasteiger partial charge in [-0.25, -0.2) is 4.79 Å². The summed E-state index contributed by atoms with van der Waals surface area (Å²) in [6.45, 7) is 2.58. The number of carbonyl (C=O) groups excluding carboxylic acids is 1. The monoisotopic (exact) mass is 567 g/mol. The molecule has 0 saturated carbocycles. The summed E-state index contributed by atoms with van der Waals surface area (Å²) in [5, 5.41) is 13.1. The second kappa shape index (κ2) is 12.5. The molecule has 1 fully saturated rings. The van der Waals surface area contributed by atoms with E-state index in [-0.39, 0.29) is 29.8 Å². The fourth-order valence-corrected chi connectivity index (χ4v) is 5.72. The van der Waals surface area contributed by atoms with Gasteiger partial charge in [0.15, 0.2) is 11.5 Å². The van der Waals surface area contributed by atoms with Crippen LogP contribution in [-0.2, 0) is 18.3 Å². The molecule has 1 aliphatic heterocycles. The first-order chi connectivity index (χ1) is 19.1. The van der Waals surface area contributed by atoms with Gasteiger partial charge >= 0.3 is 6.09 Å². The molecule has 10 heteroatoms. The van der Waals surface area contributed by atoms with Crippen molar-refractivity contribution in [2.24, 2.45) is 7.05 Å². The highest BCUT2D eigenvalue weighted by Gasteiger charge is 2.35. The maximum Gasteiger partial charge on any atom is 0.407 e. The van der Waals surface area contributed by atoms with E-state index in [0.29, 0.717) is 42.5 Å². The molecule has 2 N–H and O–H groups in total. The van der Waals surface area contributed by atoms with E-state index in [2.05, 4.69) is 5.32 Å². The van der Waals surface area contributed by atoms with Crippen LogP contribution < -0.4 is 20.3 Å². The number of rotatable bonds is 8. The molecule has 3 aromatic rings. The summed E-state index contributed by atoms with van der Waals surface area (Å²) in [6, 6.07) is 13.1. The Bertz CT molecular complexity index is 1470. The van der Waals surface area contributed by atoms with Crippen LogP contribution >= 0.6 is 11.6 Å². The Kier molecular flexibility index (Phi) is 9.04. The van der Waals surface area contributed by atoms with Crippen molar-refractivity contribution in [3.63, 3.8) is 0 Å². The number of pyridine rings is 1. The third-order valence-corrected chi connectivity index (χ3v) is 7.86. The van der Waals surface area contributed by atoms with E-state index in [1.807, 2.05) is 36.4 Å². The van der Waals surface area contributed by atoms with Crippen LogP contribution in [0.5, 0.6) is 11.5 Å². The molecule has 2 heterocycles. The molecule has 2 amide bonds. The Morgan fingerprint density at radius 3 is 2.42 bits per heavy atom. The average Bonchev–Trinajstić information content (AvgIpc) is 2.93. The van der Waals surface area contributed by atoms with E-state index >= 15 is 0 Å². The molecular formula is C30H34ClN3O6. The van der Waals surface area contributed by atoms with Gasteiger partial charge in [0.05, 0.1) is 14.2 Å². The standard InChI is InChI=1S/C30H34ClN3O6/c1-18(35)32-10-7-20-14-27(39-3)28(40-4)16-24(20)19-5-6-23(26(31)13-19)25-17-34(30(37)38)12-9-22(25)21-8-11-33(2)29(36)15-21/h5-6,8,11,13-16,22,25H,7,9-10,12,17H2,1-4H3,(H,32,35)(H,37,38). The third-order valence-electron chi connectivity index (χ3n) is 7.53. The average molecular weight is 568 g/mol. The molecule has 1 saturated heterocycles. The van der Waals surface area contributed by atoms with Gasteiger partial charge in [-0.05, 0) is 70.8 Å². The number of likely N-dealkylation sites (tertiary alicyclic amines) is 1. The minimum atomic E-state index is -0.977. The molecule has 9 nitrogen and oxygen atoms in total. The topological polar surface area (TPSA) is 110 Å². The number of nitrogens with one attached hydrogen (secondary N) is 1. The largest absolute Gasteiger partial charge is 0.493 e. The van der Waals surface area contributed by atoms with Crippen molar-refractivity contribution in [3.8, 4) is 22.6 Å². The highest BCUT2D eigenvalue weighted by molar-refractivity contribution is 6.31.